The maximum atomic E-state index is 12.5. The first-order valence-electron chi connectivity index (χ1n) is 9.39. The Kier molecular flexibility index (Phi) is 7.96. The quantitative estimate of drug-likeness (QED) is 0.380. The van der Waals surface area contributed by atoms with Crippen LogP contribution in [0.4, 0.5) is 0 Å². The highest BCUT2D eigenvalue weighted by atomic mass is 35.5. The van der Waals surface area contributed by atoms with Crippen molar-refractivity contribution in [3.63, 3.8) is 0 Å². The van der Waals surface area contributed by atoms with Crippen LogP contribution in [0.1, 0.15) is 22.4 Å². The van der Waals surface area contributed by atoms with Crippen LogP contribution in [-0.4, -0.2) is 22.4 Å². The molecule has 0 aliphatic rings. The summed E-state index contributed by atoms with van der Waals surface area (Å²) in [6.45, 7) is 2.23. The van der Waals surface area contributed by atoms with E-state index in [1.54, 1.807) is 6.92 Å². The molecule has 30 heavy (non-hydrogen) atoms. The topological polar surface area (TPSA) is 74.8 Å². The van der Waals surface area contributed by atoms with Gasteiger partial charge in [-0.05, 0) is 48.7 Å². The van der Waals surface area contributed by atoms with E-state index in [4.69, 9.17) is 23.2 Å². The van der Waals surface area contributed by atoms with Gasteiger partial charge in [0.2, 0.25) is 5.91 Å². The molecule has 0 bridgehead atoms. The number of aromatic amines is 1. The highest BCUT2D eigenvalue weighted by Crippen LogP contribution is 2.21. The third-order valence-electron chi connectivity index (χ3n) is 4.45. The predicted molar refractivity (Wildman–Crippen MR) is 122 cm³/mol. The number of hydrogen-bond donors (Lipinski definition) is 2. The molecule has 1 aromatic heterocycles. The molecule has 2 N–H and O–H groups in total. The lowest BCUT2D eigenvalue weighted by atomic mass is 10.1. The zero-order valence-corrected chi connectivity index (χ0v) is 18.7. The maximum absolute atomic E-state index is 12.5. The smallest absolute Gasteiger partial charge is 0.255 e. The average Bonchev–Trinajstić information content (AvgIpc) is 2.71. The minimum absolute atomic E-state index is 0.00593. The second-order valence-corrected chi connectivity index (χ2v) is 8.59. The fourth-order valence-corrected chi connectivity index (χ4v) is 4.05. The van der Waals surface area contributed by atoms with E-state index in [1.807, 2.05) is 48.5 Å². The van der Waals surface area contributed by atoms with Crippen molar-refractivity contribution in [1.82, 2.24) is 15.3 Å². The number of carbonyl (C=O) groups excluding carboxylic acids is 1. The summed E-state index contributed by atoms with van der Waals surface area (Å²) in [6.07, 6.45) is 0.684. The van der Waals surface area contributed by atoms with Gasteiger partial charge in [0.1, 0.15) is 0 Å². The van der Waals surface area contributed by atoms with Crippen LogP contribution < -0.4 is 10.9 Å². The van der Waals surface area contributed by atoms with Gasteiger partial charge in [-0.1, -0.05) is 59.2 Å². The van der Waals surface area contributed by atoms with E-state index >= 15 is 0 Å². The molecule has 1 amide bonds. The number of aryl methyl sites for hydroxylation is 1. The second-order valence-electron chi connectivity index (χ2n) is 6.76. The SMILES string of the molecule is Cc1nc(SCc2cccc(Cl)c2)[nH]c(=O)c1CC(=O)NCCc1ccc(Cl)cc1. The minimum Gasteiger partial charge on any atom is -0.355 e. The fraction of sp³-hybridized carbons (Fsp3) is 0.227. The number of amides is 1. The summed E-state index contributed by atoms with van der Waals surface area (Å²) in [5, 5.41) is 4.71. The Morgan fingerprint density at radius 3 is 2.57 bits per heavy atom. The molecule has 8 heteroatoms. The van der Waals surface area contributed by atoms with Crippen molar-refractivity contribution in [2.45, 2.75) is 30.7 Å². The Balaban J connectivity index is 1.54. The molecule has 0 spiro atoms. The molecule has 3 aromatic rings. The van der Waals surface area contributed by atoms with Gasteiger partial charge >= 0.3 is 0 Å². The van der Waals surface area contributed by atoms with E-state index in [9.17, 15) is 9.59 Å². The van der Waals surface area contributed by atoms with Crippen molar-refractivity contribution >= 4 is 40.9 Å². The van der Waals surface area contributed by atoms with Crippen molar-refractivity contribution in [1.29, 1.82) is 0 Å². The monoisotopic (exact) mass is 461 g/mol. The largest absolute Gasteiger partial charge is 0.355 e. The first kappa shape index (κ1) is 22.4. The Labute approximate surface area is 189 Å². The number of rotatable bonds is 8. The first-order chi connectivity index (χ1) is 14.4. The first-order valence-corrected chi connectivity index (χ1v) is 11.1. The van der Waals surface area contributed by atoms with E-state index in [1.165, 1.54) is 11.8 Å². The summed E-state index contributed by atoms with van der Waals surface area (Å²) in [7, 11) is 0. The number of carbonyl (C=O) groups is 1. The standard InChI is InChI=1S/C22H21Cl2N3O2S/c1-14-19(12-20(28)25-10-9-15-5-7-17(23)8-6-15)21(29)27-22(26-14)30-13-16-3-2-4-18(24)11-16/h2-8,11H,9-10,12-13H2,1H3,(H,25,28)(H,26,27,29). The zero-order valence-electron chi connectivity index (χ0n) is 16.4. The highest BCUT2D eigenvalue weighted by Gasteiger charge is 2.13. The minimum atomic E-state index is -0.288. The molecule has 0 saturated carbocycles. The van der Waals surface area contributed by atoms with Crippen molar-refractivity contribution in [2.24, 2.45) is 0 Å². The number of aromatic nitrogens is 2. The number of hydrogen-bond acceptors (Lipinski definition) is 4. The van der Waals surface area contributed by atoms with Crippen LogP contribution in [0.15, 0.2) is 58.5 Å². The van der Waals surface area contributed by atoms with Gasteiger partial charge in [-0.3, -0.25) is 9.59 Å². The third kappa shape index (κ3) is 6.62. The van der Waals surface area contributed by atoms with Gasteiger partial charge < -0.3 is 10.3 Å². The fourth-order valence-electron chi connectivity index (χ4n) is 2.86. The molecule has 0 atom stereocenters. The lowest BCUT2D eigenvalue weighted by Crippen LogP contribution is -2.30. The van der Waals surface area contributed by atoms with Gasteiger partial charge in [0, 0.05) is 33.6 Å². The highest BCUT2D eigenvalue weighted by molar-refractivity contribution is 7.98. The Morgan fingerprint density at radius 2 is 1.87 bits per heavy atom. The summed E-state index contributed by atoms with van der Waals surface area (Å²) in [5.41, 5.74) is 2.77. The van der Waals surface area contributed by atoms with E-state index in [-0.39, 0.29) is 17.9 Å². The van der Waals surface area contributed by atoms with Crippen molar-refractivity contribution in [3.05, 3.63) is 91.3 Å². The molecule has 0 unspecified atom stereocenters. The summed E-state index contributed by atoms with van der Waals surface area (Å²) in [6, 6.07) is 15.0. The molecule has 0 aliphatic heterocycles. The number of thioether (sulfide) groups is 1. The normalized spacial score (nSPS) is 10.8. The molecular weight excluding hydrogens is 441 g/mol. The van der Waals surface area contributed by atoms with Gasteiger partial charge in [-0.25, -0.2) is 4.98 Å². The number of nitrogens with zero attached hydrogens (tertiary/aromatic N) is 1. The van der Waals surface area contributed by atoms with Crippen LogP contribution in [0.2, 0.25) is 10.0 Å². The Hall–Kier alpha value is -2.28. The number of benzene rings is 2. The predicted octanol–water partition coefficient (Wildman–Crippen LogP) is 4.58. The van der Waals surface area contributed by atoms with E-state index in [0.29, 0.717) is 45.2 Å². The van der Waals surface area contributed by atoms with Crippen LogP contribution >= 0.6 is 35.0 Å². The van der Waals surface area contributed by atoms with Crippen molar-refractivity contribution < 1.29 is 4.79 Å². The van der Waals surface area contributed by atoms with Crippen LogP contribution in [0.5, 0.6) is 0 Å². The molecule has 0 radical (unpaired) electrons. The summed E-state index contributed by atoms with van der Waals surface area (Å²) in [5.74, 6) is 0.423. The van der Waals surface area contributed by atoms with Crippen molar-refractivity contribution in [3.8, 4) is 0 Å². The van der Waals surface area contributed by atoms with E-state index in [2.05, 4.69) is 15.3 Å². The van der Waals surface area contributed by atoms with Gasteiger partial charge in [-0.15, -0.1) is 0 Å². The summed E-state index contributed by atoms with van der Waals surface area (Å²) >= 11 is 13.3. The van der Waals surface area contributed by atoms with Gasteiger partial charge in [0.25, 0.3) is 5.56 Å². The van der Waals surface area contributed by atoms with Crippen LogP contribution in [0.25, 0.3) is 0 Å². The van der Waals surface area contributed by atoms with E-state index in [0.717, 1.165) is 11.1 Å². The average molecular weight is 462 g/mol. The lowest BCUT2D eigenvalue weighted by Gasteiger charge is -2.08. The number of halogens is 2. The number of H-pyrrole nitrogens is 1. The van der Waals surface area contributed by atoms with Gasteiger partial charge in [-0.2, -0.15) is 0 Å². The molecule has 0 saturated heterocycles. The molecule has 5 nitrogen and oxygen atoms in total. The maximum Gasteiger partial charge on any atom is 0.255 e. The molecular formula is C22H21Cl2N3O2S. The number of nitrogens with one attached hydrogen (secondary N) is 2. The van der Waals surface area contributed by atoms with Gasteiger partial charge in [0.15, 0.2) is 5.16 Å². The van der Waals surface area contributed by atoms with Crippen LogP contribution in [-0.2, 0) is 23.4 Å². The molecule has 0 aliphatic carbocycles. The van der Waals surface area contributed by atoms with E-state index < -0.39 is 0 Å². The summed E-state index contributed by atoms with van der Waals surface area (Å²) in [4.78, 5) is 31.9. The molecule has 0 fully saturated rings. The van der Waals surface area contributed by atoms with Crippen molar-refractivity contribution in [2.75, 3.05) is 6.54 Å². The molecule has 2 aromatic carbocycles. The third-order valence-corrected chi connectivity index (χ3v) is 5.88. The Bertz CT molecular complexity index is 1080. The molecule has 1 heterocycles. The second kappa shape index (κ2) is 10.7. The van der Waals surface area contributed by atoms with Crippen LogP contribution in [0.3, 0.4) is 0 Å². The lowest BCUT2D eigenvalue weighted by molar-refractivity contribution is -0.120. The molecule has 156 valence electrons. The van der Waals surface area contributed by atoms with Crippen LogP contribution in [0, 0.1) is 6.92 Å². The Morgan fingerprint density at radius 1 is 1.10 bits per heavy atom. The molecule has 3 rings (SSSR count). The zero-order chi connectivity index (χ0) is 21.5. The van der Waals surface area contributed by atoms with Gasteiger partial charge in [0.05, 0.1) is 6.42 Å². The summed E-state index contributed by atoms with van der Waals surface area (Å²) < 4.78 is 0.